The van der Waals surface area contributed by atoms with Crippen molar-refractivity contribution < 1.29 is 14.3 Å². The number of likely N-dealkylation sites (N-methyl/N-ethyl adjacent to an activating group) is 1. The molecule has 1 aromatic carbocycles. The summed E-state index contributed by atoms with van der Waals surface area (Å²) in [5.74, 6) is 0.892. The fourth-order valence-corrected chi connectivity index (χ4v) is 4.01. The summed E-state index contributed by atoms with van der Waals surface area (Å²) in [4.78, 5) is 29.2. The average molecular weight is 345 g/mol. The van der Waals surface area contributed by atoms with Gasteiger partial charge in [0.2, 0.25) is 5.91 Å². The van der Waals surface area contributed by atoms with Crippen LogP contribution in [0.15, 0.2) is 18.2 Å². The van der Waals surface area contributed by atoms with Crippen molar-refractivity contribution in [3.05, 3.63) is 29.3 Å². The van der Waals surface area contributed by atoms with Gasteiger partial charge in [-0.05, 0) is 38.9 Å². The van der Waals surface area contributed by atoms with Crippen molar-refractivity contribution in [2.24, 2.45) is 0 Å². The van der Waals surface area contributed by atoms with Crippen LogP contribution < -0.4 is 10.1 Å². The Kier molecular flexibility index (Phi) is 4.99. The smallest absolute Gasteiger partial charge is 0.254 e. The Bertz CT molecular complexity index is 676. The molecule has 6 heteroatoms. The van der Waals surface area contributed by atoms with Gasteiger partial charge in [-0.2, -0.15) is 0 Å². The summed E-state index contributed by atoms with van der Waals surface area (Å²) in [6.07, 6.45) is 2.18. The maximum atomic E-state index is 13.1. The Morgan fingerprint density at radius 3 is 2.84 bits per heavy atom. The van der Waals surface area contributed by atoms with Gasteiger partial charge in [0.1, 0.15) is 5.75 Å². The molecule has 25 heavy (non-hydrogen) atoms. The Morgan fingerprint density at radius 2 is 2.08 bits per heavy atom. The van der Waals surface area contributed by atoms with Gasteiger partial charge in [-0.15, -0.1) is 0 Å². The van der Waals surface area contributed by atoms with Crippen LogP contribution in [0.3, 0.4) is 0 Å². The molecule has 1 atom stereocenters. The normalized spacial score (nSPS) is 24.8. The van der Waals surface area contributed by atoms with Crippen LogP contribution in [-0.4, -0.2) is 67.5 Å². The van der Waals surface area contributed by atoms with Crippen molar-refractivity contribution >= 4 is 11.8 Å². The van der Waals surface area contributed by atoms with Crippen LogP contribution in [-0.2, 0) is 4.79 Å². The first-order chi connectivity index (χ1) is 12.0. The predicted molar refractivity (Wildman–Crippen MR) is 95.9 cm³/mol. The van der Waals surface area contributed by atoms with Gasteiger partial charge in [-0.1, -0.05) is 6.07 Å². The molecule has 136 valence electrons. The van der Waals surface area contributed by atoms with Gasteiger partial charge in [0.15, 0.2) is 0 Å². The second-order valence-corrected chi connectivity index (χ2v) is 7.11. The molecule has 6 nitrogen and oxygen atoms in total. The number of carbonyl (C=O) groups is 2. The molecule has 1 N–H and O–H groups in total. The molecule has 3 rings (SSSR count). The first-order valence-corrected chi connectivity index (χ1v) is 8.88. The lowest BCUT2D eigenvalue weighted by Crippen LogP contribution is -2.62. The highest BCUT2D eigenvalue weighted by Crippen LogP contribution is 2.32. The van der Waals surface area contributed by atoms with Crippen LogP contribution in [0.5, 0.6) is 5.75 Å². The average Bonchev–Trinajstić information content (AvgIpc) is 2.79. The third kappa shape index (κ3) is 3.35. The van der Waals surface area contributed by atoms with Crippen molar-refractivity contribution in [2.45, 2.75) is 31.7 Å². The minimum absolute atomic E-state index is 0.0485. The minimum Gasteiger partial charge on any atom is -0.496 e. The molecule has 2 aliphatic heterocycles. The van der Waals surface area contributed by atoms with Crippen LogP contribution in [0.2, 0.25) is 0 Å². The first kappa shape index (κ1) is 17.7. The lowest BCUT2D eigenvalue weighted by Gasteiger charge is -2.49. The predicted octanol–water partition coefficient (Wildman–Crippen LogP) is 1.43. The summed E-state index contributed by atoms with van der Waals surface area (Å²) in [6, 6.07) is 5.60. The monoisotopic (exact) mass is 345 g/mol. The molecule has 0 bridgehead atoms. The van der Waals surface area contributed by atoms with E-state index in [0.717, 1.165) is 30.7 Å². The number of rotatable bonds is 2. The molecular formula is C19H27N3O3. The van der Waals surface area contributed by atoms with Crippen LogP contribution >= 0.6 is 0 Å². The fraction of sp³-hybridized carbons (Fsp3) is 0.579. The highest BCUT2D eigenvalue weighted by Gasteiger charge is 2.42. The largest absolute Gasteiger partial charge is 0.496 e. The third-order valence-electron chi connectivity index (χ3n) is 5.75. The standard InChI is InChI=1S/C19H27N3O3/c1-14-15(5-4-6-16(14)25-3)18(24)22-12-11-21(2)19(13-22)8-7-17(23)20-10-9-19/h4-6H,7-13H2,1-3H3,(H,20,23)/t19-/m1/s1. The van der Waals surface area contributed by atoms with Crippen LogP contribution in [0, 0.1) is 6.92 Å². The summed E-state index contributed by atoms with van der Waals surface area (Å²) in [5.41, 5.74) is 1.45. The molecule has 1 aromatic rings. The van der Waals surface area contributed by atoms with Gasteiger partial charge < -0.3 is 15.0 Å². The van der Waals surface area contributed by atoms with Crippen molar-refractivity contribution in [3.8, 4) is 5.75 Å². The van der Waals surface area contributed by atoms with Gasteiger partial charge in [-0.3, -0.25) is 14.5 Å². The van der Waals surface area contributed by atoms with E-state index in [1.54, 1.807) is 7.11 Å². The summed E-state index contributed by atoms with van der Waals surface area (Å²) in [5, 5.41) is 2.95. The Balaban J connectivity index is 1.83. The van der Waals surface area contributed by atoms with Crippen molar-refractivity contribution in [1.29, 1.82) is 0 Å². The maximum Gasteiger partial charge on any atom is 0.254 e. The number of hydrogen-bond donors (Lipinski definition) is 1. The van der Waals surface area contributed by atoms with Gasteiger partial charge >= 0.3 is 0 Å². The minimum atomic E-state index is -0.125. The van der Waals surface area contributed by atoms with Crippen LogP contribution in [0.1, 0.15) is 35.2 Å². The number of benzene rings is 1. The topological polar surface area (TPSA) is 61.9 Å². The molecule has 2 saturated heterocycles. The van der Waals surface area contributed by atoms with Crippen molar-refractivity contribution in [3.63, 3.8) is 0 Å². The number of piperazine rings is 1. The third-order valence-corrected chi connectivity index (χ3v) is 5.75. The second-order valence-electron chi connectivity index (χ2n) is 7.11. The lowest BCUT2D eigenvalue weighted by atomic mass is 9.86. The molecule has 2 aliphatic rings. The lowest BCUT2D eigenvalue weighted by molar-refractivity contribution is -0.121. The second kappa shape index (κ2) is 7.04. The van der Waals surface area contributed by atoms with Crippen molar-refractivity contribution in [2.75, 3.05) is 40.3 Å². The zero-order chi connectivity index (χ0) is 18.0. The molecule has 2 heterocycles. The van der Waals surface area contributed by atoms with Crippen LogP contribution in [0.25, 0.3) is 0 Å². The summed E-state index contributed by atoms with van der Waals surface area (Å²) < 4.78 is 5.35. The van der Waals surface area contributed by atoms with E-state index in [1.807, 2.05) is 30.0 Å². The number of methoxy groups -OCH3 is 1. The Morgan fingerprint density at radius 1 is 1.28 bits per heavy atom. The molecule has 0 aromatic heterocycles. The van der Waals surface area contributed by atoms with Gasteiger partial charge in [0, 0.05) is 49.3 Å². The quantitative estimate of drug-likeness (QED) is 0.881. The molecule has 2 fully saturated rings. The number of nitrogens with zero attached hydrogens (tertiary/aromatic N) is 2. The van der Waals surface area contributed by atoms with Crippen LogP contribution in [0.4, 0.5) is 0 Å². The summed E-state index contributed by atoms with van der Waals surface area (Å²) in [6.45, 7) is 4.78. The molecule has 0 saturated carbocycles. The van der Waals surface area contributed by atoms with Crippen molar-refractivity contribution in [1.82, 2.24) is 15.1 Å². The van der Waals surface area contributed by atoms with E-state index in [1.165, 1.54) is 0 Å². The van der Waals surface area contributed by atoms with E-state index in [2.05, 4.69) is 17.3 Å². The zero-order valence-electron chi connectivity index (χ0n) is 15.3. The molecular weight excluding hydrogens is 318 g/mol. The number of nitrogens with one attached hydrogen (secondary N) is 1. The number of hydrogen-bond acceptors (Lipinski definition) is 4. The highest BCUT2D eigenvalue weighted by atomic mass is 16.5. The Hall–Kier alpha value is -2.08. The fourth-order valence-electron chi connectivity index (χ4n) is 4.01. The molecule has 0 aliphatic carbocycles. The summed E-state index contributed by atoms with van der Waals surface area (Å²) >= 11 is 0. The number of carbonyl (C=O) groups excluding carboxylic acids is 2. The highest BCUT2D eigenvalue weighted by molar-refractivity contribution is 5.96. The summed E-state index contributed by atoms with van der Waals surface area (Å²) in [7, 11) is 3.73. The Labute approximate surface area is 149 Å². The van der Waals surface area contributed by atoms with Gasteiger partial charge in [-0.25, -0.2) is 0 Å². The first-order valence-electron chi connectivity index (χ1n) is 8.88. The van der Waals surface area contributed by atoms with E-state index < -0.39 is 0 Å². The molecule has 0 unspecified atom stereocenters. The van der Waals surface area contributed by atoms with E-state index in [-0.39, 0.29) is 17.4 Å². The van der Waals surface area contributed by atoms with E-state index in [4.69, 9.17) is 4.74 Å². The number of amides is 2. The molecule has 1 spiro atoms. The molecule has 0 radical (unpaired) electrons. The van der Waals surface area contributed by atoms with E-state index in [0.29, 0.717) is 31.6 Å². The maximum absolute atomic E-state index is 13.1. The SMILES string of the molecule is COc1cccc(C(=O)N2CCN(C)[C@]3(CCNC(=O)CC3)C2)c1C. The van der Waals surface area contributed by atoms with E-state index >= 15 is 0 Å². The molecule has 2 amide bonds. The van der Waals surface area contributed by atoms with Gasteiger partial charge in [0.05, 0.1) is 7.11 Å². The zero-order valence-corrected chi connectivity index (χ0v) is 15.3. The van der Waals surface area contributed by atoms with Gasteiger partial charge in [0.25, 0.3) is 5.91 Å². The van der Waals surface area contributed by atoms with E-state index in [9.17, 15) is 9.59 Å². The number of ether oxygens (including phenoxy) is 1.